The zero-order chi connectivity index (χ0) is 20.8. The highest BCUT2D eigenvalue weighted by Gasteiger charge is 2.22. The number of anilines is 1. The van der Waals surface area contributed by atoms with Crippen molar-refractivity contribution in [2.45, 2.75) is 12.5 Å². The molecule has 1 heterocycles. The largest absolute Gasteiger partial charge is 0.508 e. The molecule has 0 aliphatic heterocycles. The summed E-state index contributed by atoms with van der Waals surface area (Å²) in [4.78, 5) is 20.9. The van der Waals surface area contributed by atoms with Crippen molar-refractivity contribution in [2.24, 2.45) is 0 Å². The monoisotopic (exact) mass is 398 g/mol. The van der Waals surface area contributed by atoms with Gasteiger partial charge in [0.05, 0.1) is 6.04 Å². The van der Waals surface area contributed by atoms with Gasteiger partial charge >= 0.3 is 0 Å². The summed E-state index contributed by atoms with van der Waals surface area (Å²) in [6, 6.07) is 22.3. The van der Waals surface area contributed by atoms with E-state index in [0.29, 0.717) is 18.1 Å². The van der Waals surface area contributed by atoms with E-state index in [1.165, 1.54) is 0 Å². The molecular formula is C24H22N4O2. The Hall–Kier alpha value is -3.93. The number of hydrogen-bond acceptors (Lipinski definition) is 5. The number of fused-ring (bicyclic) bond motifs is 1. The molecule has 6 heteroatoms. The van der Waals surface area contributed by atoms with E-state index in [-0.39, 0.29) is 18.1 Å². The third-order valence-electron chi connectivity index (χ3n) is 4.88. The zero-order valence-electron chi connectivity index (χ0n) is 16.3. The smallest absolute Gasteiger partial charge is 0.222 e. The van der Waals surface area contributed by atoms with Crippen LogP contribution in [0.15, 0.2) is 85.2 Å². The van der Waals surface area contributed by atoms with E-state index in [4.69, 9.17) is 0 Å². The third kappa shape index (κ3) is 4.38. The van der Waals surface area contributed by atoms with Gasteiger partial charge in [0.15, 0.2) is 0 Å². The molecular weight excluding hydrogens is 376 g/mol. The molecule has 0 radical (unpaired) electrons. The SMILES string of the molecule is O=C(CCNc1ncccn1)N[C@@H](c1ccccc1)c1c(O)ccc2ccccc12. The van der Waals surface area contributed by atoms with E-state index in [2.05, 4.69) is 20.6 Å². The Morgan fingerprint density at radius 1 is 0.900 bits per heavy atom. The Morgan fingerprint density at radius 3 is 2.43 bits per heavy atom. The van der Waals surface area contributed by atoms with Crippen LogP contribution in [0.2, 0.25) is 0 Å². The number of aromatic hydroxyl groups is 1. The van der Waals surface area contributed by atoms with Gasteiger partial charge < -0.3 is 15.7 Å². The van der Waals surface area contributed by atoms with Crippen LogP contribution in [-0.2, 0) is 4.79 Å². The number of benzene rings is 3. The van der Waals surface area contributed by atoms with Crippen molar-refractivity contribution in [2.75, 3.05) is 11.9 Å². The first-order valence-electron chi connectivity index (χ1n) is 9.78. The first-order chi connectivity index (χ1) is 14.7. The summed E-state index contributed by atoms with van der Waals surface area (Å²) in [7, 11) is 0. The number of phenolic OH excluding ortho intramolecular Hbond substituents is 1. The van der Waals surface area contributed by atoms with Crippen molar-refractivity contribution in [3.63, 3.8) is 0 Å². The molecule has 3 N–H and O–H groups in total. The Labute approximate surface area is 174 Å². The van der Waals surface area contributed by atoms with Crippen LogP contribution in [0.5, 0.6) is 5.75 Å². The lowest BCUT2D eigenvalue weighted by molar-refractivity contribution is -0.121. The van der Waals surface area contributed by atoms with Gasteiger partial charge in [-0.3, -0.25) is 4.79 Å². The highest BCUT2D eigenvalue weighted by Crippen LogP contribution is 2.35. The normalized spacial score (nSPS) is 11.7. The van der Waals surface area contributed by atoms with Crippen LogP contribution in [0.25, 0.3) is 10.8 Å². The Kier molecular flexibility index (Phi) is 5.85. The van der Waals surface area contributed by atoms with Crippen LogP contribution in [0.3, 0.4) is 0 Å². The standard InChI is InChI=1S/C24H22N4O2/c29-20-12-11-17-7-4-5-10-19(17)22(20)23(18-8-2-1-3-9-18)28-21(30)13-16-27-24-25-14-6-15-26-24/h1-12,14-15,23,29H,13,16H2,(H,28,30)(H,25,26,27)/t23-/m0/s1. The maximum absolute atomic E-state index is 12.8. The van der Waals surface area contributed by atoms with E-state index in [1.807, 2.05) is 60.7 Å². The van der Waals surface area contributed by atoms with Crippen molar-refractivity contribution in [3.8, 4) is 5.75 Å². The molecule has 1 atom stereocenters. The third-order valence-corrected chi connectivity index (χ3v) is 4.88. The fraction of sp³-hybridized carbons (Fsp3) is 0.125. The molecule has 4 aromatic rings. The number of nitrogens with zero attached hydrogens (tertiary/aromatic N) is 2. The summed E-state index contributed by atoms with van der Waals surface area (Å²) in [5, 5.41) is 18.7. The zero-order valence-corrected chi connectivity index (χ0v) is 16.3. The van der Waals surface area contributed by atoms with E-state index in [9.17, 15) is 9.90 Å². The number of aromatic nitrogens is 2. The summed E-state index contributed by atoms with van der Waals surface area (Å²) in [5.41, 5.74) is 1.59. The summed E-state index contributed by atoms with van der Waals surface area (Å²) >= 11 is 0. The molecule has 0 aliphatic carbocycles. The number of nitrogens with one attached hydrogen (secondary N) is 2. The van der Waals surface area contributed by atoms with Crippen molar-refractivity contribution in [3.05, 3.63) is 96.3 Å². The van der Waals surface area contributed by atoms with E-state index in [0.717, 1.165) is 16.3 Å². The van der Waals surface area contributed by atoms with Crippen molar-refractivity contribution in [1.82, 2.24) is 15.3 Å². The van der Waals surface area contributed by atoms with Gasteiger partial charge in [-0.05, 0) is 28.5 Å². The average Bonchev–Trinajstić information content (AvgIpc) is 2.79. The lowest BCUT2D eigenvalue weighted by Gasteiger charge is -2.22. The molecule has 6 nitrogen and oxygen atoms in total. The van der Waals surface area contributed by atoms with Gasteiger partial charge in [-0.1, -0.05) is 60.7 Å². The van der Waals surface area contributed by atoms with Crippen LogP contribution >= 0.6 is 0 Å². The molecule has 0 saturated carbocycles. The topological polar surface area (TPSA) is 87.1 Å². The predicted octanol–water partition coefficient (Wildman–Crippen LogP) is 4.04. The number of carbonyl (C=O) groups excluding carboxylic acids is 1. The molecule has 4 rings (SSSR count). The maximum Gasteiger partial charge on any atom is 0.222 e. The summed E-state index contributed by atoms with van der Waals surface area (Å²) in [6.45, 7) is 0.402. The summed E-state index contributed by atoms with van der Waals surface area (Å²) < 4.78 is 0. The minimum Gasteiger partial charge on any atom is -0.508 e. The first-order valence-corrected chi connectivity index (χ1v) is 9.78. The van der Waals surface area contributed by atoms with E-state index in [1.54, 1.807) is 24.5 Å². The molecule has 3 aromatic carbocycles. The predicted molar refractivity (Wildman–Crippen MR) is 117 cm³/mol. The molecule has 0 aliphatic rings. The molecule has 0 fully saturated rings. The van der Waals surface area contributed by atoms with Crippen LogP contribution in [0.1, 0.15) is 23.6 Å². The number of rotatable bonds is 7. The van der Waals surface area contributed by atoms with Gasteiger partial charge in [-0.15, -0.1) is 0 Å². The minimum atomic E-state index is -0.474. The van der Waals surface area contributed by atoms with Gasteiger partial charge in [0.25, 0.3) is 0 Å². The minimum absolute atomic E-state index is 0.139. The fourth-order valence-corrected chi connectivity index (χ4v) is 3.47. The number of amides is 1. The second-order valence-corrected chi connectivity index (χ2v) is 6.88. The van der Waals surface area contributed by atoms with E-state index < -0.39 is 6.04 Å². The van der Waals surface area contributed by atoms with Gasteiger partial charge in [-0.2, -0.15) is 0 Å². The molecule has 150 valence electrons. The molecule has 1 amide bonds. The lowest BCUT2D eigenvalue weighted by atomic mass is 9.92. The first kappa shape index (κ1) is 19.4. The highest BCUT2D eigenvalue weighted by atomic mass is 16.3. The van der Waals surface area contributed by atoms with Gasteiger partial charge in [0.2, 0.25) is 11.9 Å². The Bertz CT molecular complexity index is 1130. The Balaban J connectivity index is 1.59. The van der Waals surface area contributed by atoms with Crippen molar-refractivity contribution >= 4 is 22.6 Å². The fourth-order valence-electron chi connectivity index (χ4n) is 3.47. The summed E-state index contributed by atoms with van der Waals surface area (Å²) in [6.07, 6.45) is 3.53. The van der Waals surface area contributed by atoms with Gasteiger partial charge in [-0.25, -0.2) is 9.97 Å². The second kappa shape index (κ2) is 9.05. The number of hydrogen-bond donors (Lipinski definition) is 3. The number of phenols is 1. The highest BCUT2D eigenvalue weighted by molar-refractivity contribution is 5.89. The van der Waals surface area contributed by atoms with Gasteiger partial charge in [0.1, 0.15) is 5.75 Å². The molecule has 0 bridgehead atoms. The second-order valence-electron chi connectivity index (χ2n) is 6.88. The summed E-state index contributed by atoms with van der Waals surface area (Å²) in [5.74, 6) is 0.495. The Morgan fingerprint density at radius 2 is 1.63 bits per heavy atom. The molecule has 0 spiro atoms. The molecule has 0 unspecified atom stereocenters. The van der Waals surface area contributed by atoms with Crippen LogP contribution in [0, 0.1) is 0 Å². The molecule has 30 heavy (non-hydrogen) atoms. The van der Waals surface area contributed by atoms with Crippen molar-refractivity contribution < 1.29 is 9.90 Å². The van der Waals surface area contributed by atoms with E-state index >= 15 is 0 Å². The van der Waals surface area contributed by atoms with Crippen LogP contribution < -0.4 is 10.6 Å². The molecule has 1 aromatic heterocycles. The maximum atomic E-state index is 12.8. The lowest BCUT2D eigenvalue weighted by Crippen LogP contribution is -2.30. The molecule has 0 saturated heterocycles. The van der Waals surface area contributed by atoms with Gasteiger partial charge in [0, 0.05) is 30.9 Å². The van der Waals surface area contributed by atoms with Crippen LogP contribution in [0.4, 0.5) is 5.95 Å². The average molecular weight is 398 g/mol. The van der Waals surface area contributed by atoms with Crippen molar-refractivity contribution in [1.29, 1.82) is 0 Å². The van der Waals surface area contributed by atoms with Crippen LogP contribution in [-0.4, -0.2) is 27.5 Å². The quantitative estimate of drug-likeness (QED) is 0.437. The number of carbonyl (C=O) groups is 1.